The van der Waals surface area contributed by atoms with E-state index in [4.69, 9.17) is 11.6 Å². The van der Waals surface area contributed by atoms with E-state index in [9.17, 15) is 4.79 Å². The van der Waals surface area contributed by atoms with Gasteiger partial charge < -0.3 is 0 Å². The third kappa shape index (κ3) is 5.71. The molecule has 31 heavy (non-hydrogen) atoms. The van der Waals surface area contributed by atoms with Gasteiger partial charge in [-0.1, -0.05) is 11.6 Å². The molecule has 0 N–H and O–H groups in total. The van der Waals surface area contributed by atoms with E-state index >= 15 is 0 Å². The van der Waals surface area contributed by atoms with Crippen LogP contribution in [0.3, 0.4) is 0 Å². The highest BCUT2D eigenvalue weighted by molar-refractivity contribution is 6.31. The number of allylic oxidation sites excluding steroid dienone is 2. The molecule has 0 fully saturated rings. The normalized spacial score (nSPS) is 11.4. The summed E-state index contributed by atoms with van der Waals surface area (Å²) >= 11 is 5.86. The van der Waals surface area contributed by atoms with Crippen LogP contribution in [0.2, 0.25) is 5.02 Å². The zero-order valence-electron chi connectivity index (χ0n) is 17.5. The molecule has 0 bridgehead atoms. The number of nitrogens with zero attached hydrogens (tertiary/aromatic N) is 5. The summed E-state index contributed by atoms with van der Waals surface area (Å²) in [6, 6.07) is 12.9. The first kappa shape index (κ1) is 22.1. The predicted octanol–water partition coefficient (Wildman–Crippen LogP) is 4.93. The van der Waals surface area contributed by atoms with Gasteiger partial charge in [0.15, 0.2) is 0 Å². The number of hydrogen-bond donors (Lipinski definition) is 0. The quantitative estimate of drug-likeness (QED) is 0.431. The molecular weight excluding hydrogens is 410 g/mol. The smallest absolute Gasteiger partial charge is 0.207 e. The summed E-state index contributed by atoms with van der Waals surface area (Å²) in [5.41, 5.74) is 4.15. The van der Waals surface area contributed by atoms with Crippen molar-refractivity contribution in [2.45, 2.75) is 13.8 Å². The van der Waals surface area contributed by atoms with Crippen LogP contribution in [0.4, 0.5) is 0 Å². The van der Waals surface area contributed by atoms with Crippen molar-refractivity contribution in [2.75, 3.05) is 7.05 Å². The summed E-state index contributed by atoms with van der Waals surface area (Å²) in [5.74, 6) is 0. The summed E-state index contributed by atoms with van der Waals surface area (Å²) in [6.45, 7) is 3.89. The van der Waals surface area contributed by atoms with Crippen molar-refractivity contribution >= 4 is 34.3 Å². The summed E-state index contributed by atoms with van der Waals surface area (Å²) in [7, 11) is 1.68. The lowest BCUT2D eigenvalue weighted by Crippen LogP contribution is -2.14. The van der Waals surface area contributed by atoms with Gasteiger partial charge in [-0.2, -0.15) is 5.10 Å². The van der Waals surface area contributed by atoms with E-state index in [1.807, 2.05) is 49.5 Å². The van der Waals surface area contributed by atoms with E-state index in [0.717, 1.165) is 27.2 Å². The molecule has 0 aliphatic rings. The number of benzene rings is 1. The van der Waals surface area contributed by atoms with Crippen LogP contribution in [-0.4, -0.2) is 33.0 Å². The lowest BCUT2D eigenvalue weighted by Gasteiger charge is -2.06. The highest BCUT2D eigenvalue weighted by atomic mass is 35.5. The Balaban J connectivity index is 0.000000194. The van der Waals surface area contributed by atoms with E-state index in [1.54, 1.807) is 42.6 Å². The molecule has 0 atom stereocenters. The first-order valence-corrected chi connectivity index (χ1v) is 9.98. The third-order valence-corrected chi connectivity index (χ3v) is 4.74. The van der Waals surface area contributed by atoms with Crippen LogP contribution in [0.15, 0.2) is 83.1 Å². The van der Waals surface area contributed by atoms with E-state index in [1.165, 1.54) is 11.6 Å². The number of fused-ring (bicyclic) bond motifs is 1. The van der Waals surface area contributed by atoms with Gasteiger partial charge in [0, 0.05) is 54.5 Å². The number of aromatic nitrogens is 4. The maximum Gasteiger partial charge on any atom is 0.207 e. The molecule has 0 unspecified atom stereocenters. The molecule has 0 amide bonds. The first-order valence-electron chi connectivity index (χ1n) is 9.60. The van der Waals surface area contributed by atoms with Gasteiger partial charge in [-0.25, -0.2) is 4.68 Å². The van der Waals surface area contributed by atoms with Gasteiger partial charge in [-0.3, -0.25) is 19.8 Å². The molecule has 0 saturated heterocycles. The molecule has 7 heteroatoms. The van der Waals surface area contributed by atoms with Crippen LogP contribution in [0.1, 0.15) is 18.2 Å². The summed E-state index contributed by atoms with van der Waals surface area (Å²) in [6.07, 6.45) is 10.2. The van der Waals surface area contributed by atoms with Gasteiger partial charge in [-0.15, -0.1) is 0 Å². The number of pyridine rings is 2. The van der Waals surface area contributed by atoms with E-state index < -0.39 is 0 Å². The van der Waals surface area contributed by atoms with E-state index in [2.05, 4.69) is 27.0 Å². The molecule has 0 aliphatic heterocycles. The molecule has 3 aromatic heterocycles. The lowest BCUT2D eigenvalue weighted by atomic mass is 10.1. The standard InChI is InChI=1S/C14H14N4O.C10H8ClN/c1-11(3-7-15-2)14-13(19)6-10-18(17-14)12-4-8-16-9-5-12;1-7-4-5-12-10-3-2-8(11)6-9(7)10/h3-10H,1-2H3;2-6H,1H3/b11-3+,15-7?;. The minimum atomic E-state index is -0.108. The Morgan fingerprint density at radius 2 is 1.87 bits per heavy atom. The Morgan fingerprint density at radius 1 is 1.10 bits per heavy atom. The van der Waals surface area contributed by atoms with Gasteiger partial charge in [0.25, 0.3) is 0 Å². The Kier molecular flexibility index (Phi) is 7.40. The molecule has 4 rings (SSSR count). The van der Waals surface area contributed by atoms with Crippen LogP contribution < -0.4 is 5.43 Å². The van der Waals surface area contributed by atoms with Gasteiger partial charge in [0.2, 0.25) is 5.43 Å². The number of halogens is 1. The number of rotatable bonds is 3. The van der Waals surface area contributed by atoms with Crippen molar-refractivity contribution in [3.8, 4) is 5.69 Å². The molecular formula is C24H22ClN5O. The summed E-state index contributed by atoms with van der Waals surface area (Å²) in [5, 5.41) is 6.23. The average molecular weight is 432 g/mol. The first-order chi connectivity index (χ1) is 15.0. The Labute approximate surface area is 185 Å². The molecule has 0 spiro atoms. The SMILES string of the molecule is CN=C/C=C(\C)c1nn(-c2ccncc2)ccc1=O.Cc1ccnc2ccc(Cl)cc12. The second-order valence-electron chi connectivity index (χ2n) is 6.72. The Bertz CT molecular complexity index is 1300. The minimum Gasteiger partial charge on any atom is -0.297 e. The van der Waals surface area contributed by atoms with Crippen molar-refractivity contribution in [1.82, 2.24) is 19.7 Å². The molecule has 0 radical (unpaired) electrons. The van der Waals surface area contributed by atoms with Gasteiger partial charge in [0.05, 0.1) is 11.2 Å². The van der Waals surface area contributed by atoms with Crippen LogP contribution in [-0.2, 0) is 0 Å². The molecule has 4 aromatic rings. The van der Waals surface area contributed by atoms with E-state index in [0.29, 0.717) is 5.69 Å². The Morgan fingerprint density at radius 3 is 2.61 bits per heavy atom. The van der Waals surface area contributed by atoms with Crippen molar-refractivity contribution in [3.63, 3.8) is 0 Å². The molecule has 0 saturated carbocycles. The van der Waals surface area contributed by atoms with E-state index in [-0.39, 0.29) is 5.43 Å². The second-order valence-corrected chi connectivity index (χ2v) is 7.16. The zero-order chi connectivity index (χ0) is 22.2. The van der Waals surface area contributed by atoms with Crippen LogP contribution in [0.25, 0.3) is 22.2 Å². The monoisotopic (exact) mass is 431 g/mol. The predicted molar refractivity (Wildman–Crippen MR) is 127 cm³/mol. The van der Waals surface area contributed by atoms with Crippen molar-refractivity contribution in [3.05, 3.63) is 99.8 Å². The van der Waals surface area contributed by atoms with Crippen molar-refractivity contribution in [1.29, 1.82) is 0 Å². The van der Waals surface area contributed by atoms with Crippen LogP contribution in [0, 0.1) is 6.92 Å². The molecule has 156 valence electrons. The maximum absolute atomic E-state index is 11.8. The summed E-state index contributed by atoms with van der Waals surface area (Å²) in [4.78, 5) is 23.9. The van der Waals surface area contributed by atoms with Gasteiger partial charge in [0.1, 0.15) is 5.69 Å². The summed E-state index contributed by atoms with van der Waals surface area (Å²) < 4.78 is 1.65. The average Bonchev–Trinajstić information content (AvgIpc) is 2.79. The van der Waals surface area contributed by atoms with Crippen molar-refractivity contribution in [2.24, 2.45) is 4.99 Å². The fourth-order valence-electron chi connectivity index (χ4n) is 2.84. The largest absolute Gasteiger partial charge is 0.297 e. The minimum absolute atomic E-state index is 0.108. The number of aryl methyl sites for hydroxylation is 1. The van der Waals surface area contributed by atoms with Crippen molar-refractivity contribution < 1.29 is 0 Å². The highest BCUT2D eigenvalue weighted by Crippen LogP contribution is 2.20. The number of aliphatic imine (C=N–C) groups is 1. The Hall–Kier alpha value is -3.64. The molecule has 3 heterocycles. The second kappa shape index (κ2) is 10.4. The lowest BCUT2D eigenvalue weighted by molar-refractivity contribution is 0.823. The fourth-order valence-corrected chi connectivity index (χ4v) is 3.01. The van der Waals surface area contributed by atoms with Crippen LogP contribution >= 0.6 is 11.6 Å². The molecule has 6 nitrogen and oxygen atoms in total. The molecule has 1 aromatic carbocycles. The maximum atomic E-state index is 11.8. The highest BCUT2D eigenvalue weighted by Gasteiger charge is 2.05. The topological polar surface area (TPSA) is 73.0 Å². The van der Waals surface area contributed by atoms with Crippen LogP contribution in [0.5, 0.6) is 0 Å². The third-order valence-electron chi connectivity index (χ3n) is 4.50. The van der Waals surface area contributed by atoms with Gasteiger partial charge in [-0.05, 0) is 67.5 Å². The zero-order valence-corrected chi connectivity index (χ0v) is 18.3. The fraction of sp³-hybridized carbons (Fsp3) is 0.125. The number of hydrogen-bond acceptors (Lipinski definition) is 5. The van der Waals surface area contributed by atoms with Gasteiger partial charge >= 0.3 is 0 Å². The molecule has 0 aliphatic carbocycles.